The van der Waals surface area contributed by atoms with Crippen molar-refractivity contribution in [3.63, 3.8) is 0 Å². The minimum atomic E-state index is 0. The number of halogens is 2. The monoisotopic (exact) mass is 331 g/mol. The fraction of sp³-hybridized carbons (Fsp3) is 0.600. The van der Waals surface area contributed by atoms with Gasteiger partial charge >= 0.3 is 0 Å². The van der Waals surface area contributed by atoms with Gasteiger partial charge in [-0.15, -0.1) is 24.8 Å². The molecule has 2 fully saturated rings. The molecular formula is C15H23Cl2N3O. The van der Waals surface area contributed by atoms with Crippen LogP contribution in [0, 0.1) is 5.92 Å². The Labute approximate surface area is 138 Å². The van der Waals surface area contributed by atoms with Gasteiger partial charge in [0, 0.05) is 25.0 Å². The lowest BCUT2D eigenvalue weighted by Gasteiger charge is -2.24. The second-order valence-corrected chi connectivity index (χ2v) is 5.68. The van der Waals surface area contributed by atoms with Gasteiger partial charge in [-0.3, -0.25) is 9.78 Å². The lowest BCUT2D eigenvalue weighted by Crippen LogP contribution is -2.42. The second-order valence-electron chi connectivity index (χ2n) is 5.68. The molecule has 3 atom stereocenters. The maximum atomic E-state index is 12.2. The van der Waals surface area contributed by atoms with E-state index in [0.717, 1.165) is 12.0 Å². The number of pyridine rings is 1. The van der Waals surface area contributed by atoms with E-state index in [1.165, 1.54) is 25.7 Å². The Kier molecular flexibility index (Phi) is 7.43. The predicted molar refractivity (Wildman–Crippen MR) is 87.9 cm³/mol. The topological polar surface area (TPSA) is 54.0 Å². The van der Waals surface area contributed by atoms with Crippen LogP contribution in [0.25, 0.3) is 0 Å². The van der Waals surface area contributed by atoms with Crippen molar-refractivity contribution >= 4 is 30.7 Å². The Morgan fingerprint density at radius 2 is 1.95 bits per heavy atom. The molecule has 3 rings (SSSR count). The molecule has 2 aliphatic rings. The van der Waals surface area contributed by atoms with E-state index < -0.39 is 0 Å². The van der Waals surface area contributed by atoms with E-state index in [2.05, 4.69) is 15.6 Å². The van der Waals surface area contributed by atoms with Gasteiger partial charge in [0.05, 0.1) is 6.04 Å². The first kappa shape index (κ1) is 18.2. The molecule has 1 saturated heterocycles. The molecule has 1 aromatic heterocycles. The molecule has 1 amide bonds. The van der Waals surface area contributed by atoms with Crippen molar-refractivity contribution in [3.8, 4) is 0 Å². The van der Waals surface area contributed by atoms with E-state index in [1.54, 1.807) is 12.4 Å². The van der Waals surface area contributed by atoms with Gasteiger partial charge < -0.3 is 10.6 Å². The largest absolute Gasteiger partial charge is 0.351 e. The van der Waals surface area contributed by atoms with Crippen LogP contribution in [0.1, 0.15) is 37.7 Å². The number of carbonyl (C=O) groups excluding carboxylic acids is 1. The van der Waals surface area contributed by atoms with Crippen molar-refractivity contribution in [2.75, 3.05) is 0 Å². The summed E-state index contributed by atoms with van der Waals surface area (Å²) in [6.45, 7) is 0.592. The zero-order valence-electron chi connectivity index (χ0n) is 12.0. The number of fused-ring (bicyclic) bond motifs is 1. The van der Waals surface area contributed by atoms with Gasteiger partial charge in [-0.1, -0.05) is 12.8 Å². The van der Waals surface area contributed by atoms with Gasteiger partial charge in [-0.05, 0) is 42.9 Å². The highest BCUT2D eigenvalue weighted by Gasteiger charge is 2.37. The normalized spacial score (nSPS) is 27.0. The van der Waals surface area contributed by atoms with Crippen molar-refractivity contribution in [2.45, 2.75) is 50.7 Å². The minimum absolute atomic E-state index is 0. The van der Waals surface area contributed by atoms with E-state index >= 15 is 0 Å². The average Bonchev–Trinajstić information content (AvgIpc) is 2.90. The molecule has 3 unspecified atom stereocenters. The van der Waals surface area contributed by atoms with Gasteiger partial charge in [0.15, 0.2) is 0 Å². The molecule has 0 radical (unpaired) electrons. The molecule has 0 aromatic carbocycles. The van der Waals surface area contributed by atoms with Gasteiger partial charge in [-0.25, -0.2) is 0 Å². The number of nitrogens with one attached hydrogen (secondary N) is 2. The summed E-state index contributed by atoms with van der Waals surface area (Å²) < 4.78 is 0. The van der Waals surface area contributed by atoms with Gasteiger partial charge in [-0.2, -0.15) is 0 Å². The predicted octanol–water partition coefficient (Wildman–Crippen LogP) is 2.46. The van der Waals surface area contributed by atoms with Crippen LogP contribution in [0.2, 0.25) is 0 Å². The molecule has 2 N–H and O–H groups in total. The molecule has 1 aromatic rings. The maximum Gasteiger partial charge on any atom is 0.237 e. The number of carbonyl (C=O) groups is 1. The molecule has 2 heterocycles. The first-order valence-corrected chi connectivity index (χ1v) is 7.25. The fourth-order valence-corrected chi connectivity index (χ4v) is 3.33. The Bertz CT molecular complexity index is 430. The fourth-order valence-electron chi connectivity index (χ4n) is 3.33. The summed E-state index contributed by atoms with van der Waals surface area (Å²) in [6, 6.07) is 4.45. The van der Waals surface area contributed by atoms with Crippen molar-refractivity contribution < 1.29 is 4.79 Å². The minimum Gasteiger partial charge on any atom is -0.351 e. The van der Waals surface area contributed by atoms with Crippen LogP contribution in [0.3, 0.4) is 0 Å². The van der Waals surface area contributed by atoms with Crippen LogP contribution in [0.15, 0.2) is 24.5 Å². The standard InChI is InChI=1S/C15H21N3O.2ClH/c19-15(17-10-11-5-7-16-8-6-11)14-9-12-3-1-2-4-13(12)18-14;;/h5-8,12-14,18H,1-4,9-10H2,(H,17,19);2*1H. The van der Waals surface area contributed by atoms with Gasteiger partial charge in [0.2, 0.25) is 5.91 Å². The van der Waals surface area contributed by atoms with Crippen LogP contribution in [-0.2, 0) is 11.3 Å². The highest BCUT2D eigenvalue weighted by Crippen LogP contribution is 2.33. The Hall–Kier alpha value is -0.840. The number of amides is 1. The summed E-state index contributed by atoms with van der Waals surface area (Å²) in [5.41, 5.74) is 1.10. The van der Waals surface area contributed by atoms with Crippen LogP contribution in [0.4, 0.5) is 0 Å². The molecule has 1 aliphatic heterocycles. The first-order valence-electron chi connectivity index (χ1n) is 7.25. The summed E-state index contributed by atoms with van der Waals surface area (Å²) in [6.07, 6.45) is 9.67. The van der Waals surface area contributed by atoms with Crippen molar-refractivity contribution in [1.82, 2.24) is 15.6 Å². The third kappa shape index (κ3) is 4.56. The van der Waals surface area contributed by atoms with Crippen molar-refractivity contribution in [2.24, 2.45) is 5.92 Å². The molecule has 1 aliphatic carbocycles. The Morgan fingerprint density at radius 3 is 2.67 bits per heavy atom. The molecule has 21 heavy (non-hydrogen) atoms. The molecule has 6 heteroatoms. The quantitative estimate of drug-likeness (QED) is 0.894. The van der Waals surface area contributed by atoms with Gasteiger partial charge in [0.1, 0.15) is 0 Å². The number of hydrogen-bond donors (Lipinski definition) is 2. The van der Waals surface area contributed by atoms with E-state index in [9.17, 15) is 4.79 Å². The van der Waals surface area contributed by atoms with Crippen LogP contribution >= 0.6 is 24.8 Å². The number of hydrogen-bond acceptors (Lipinski definition) is 3. The zero-order chi connectivity index (χ0) is 13.1. The van der Waals surface area contributed by atoms with Crippen molar-refractivity contribution in [3.05, 3.63) is 30.1 Å². The molecular weight excluding hydrogens is 309 g/mol. The van der Waals surface area contributed by atoms with Gasteiger partial charge in [0.25, 0.3) is 0 Å². The third-order valence-electron chi connectivity index (χ3n) is 4.40. The maximum absolute atomic E-state index is 12.2. The summed E-state index contributed by atoms with van der Waals surface area (Å²) >= 11 is 0. The summed E-state index contributed by atoms with van der Waals surface area (Å²) in [5.74, 6) is 0.858. The molecule has 4 nitrogen and oxygen atoms in total. The summed E-state index contributed by atoms with van der Waals surface area (Å²) in [4.78, 5) is 16.1. The summed E-state index contributed by atoms with van der Waals surface area (Å²) in [5, 5.41) is 6.53. The average molecular weight is 332 g/mol. The van der Waals surface area contributed by atoms with Crippen LogP contribution in [-0.4, -0.2) is 23.0 Å². The van der Waals surface area contributed by atoms with E-state index in [4.69, 9.17) is 0 Å². The number of nitrogens with zero attached hydrogens (tertiary/aromatic N) is 1. The zero-order valence-corrected chi connectivity index (χ0v) is 13.6. The van der Waals surface area contributed by atoms with E-state index in [0.29, 0.717) is 18.5 Å². The SMILES string of the molecule is Cl.Cl.O=C(NCc1ccncc1)C1CC2CCCCC2N1. The Morgan fingerprint density at radius 1 is 1.24 bits per heavy atom. The highest BCUT2D eigenvalue weighted by atomic mass is 35.5. The smallest absolute Gasteiger partial charge is 0.237 e. The lowest BCUT2D eigenvalue weighted by molar-refractivity contribution is -0.123. The van der Waals surface area contributed by atoms with Crippen LogP contribution < -0.4 is 10.6 Å². The molecule has 118 valence electrons. The second kappa shape index (κ2) is 8.57. The highest BCUT2D eigenvalue weighted by molar-refractivity contribution is 5.85. The van der Waals surface area contributed by atoms with Crippen molar-refractivity contribution in [1.29, 1.82) is 0 Å². The Balaban J connectivity index is 0.00000110. The third-order valence-corrected chi connectivity index (χ3v) is 4.40. The van der Waals surface area contributed by atoms with Crippen LogP contribution in [0.5, 0.6) is 0 Å². The molecule has 0 bridgehead atoms. The number of rotatable bonds is 3. The van der Waals surface area contributed by atoms with E-state index in [-0.39, 0.29) is 36.8 Å². The van der Waals surface area contributed by atoms with E-state index in [1.807, 2.05) is 12.1 Å². The summed E-state index contributed by atoms with van der Waals surface area (Å²) in [7, 11) is 0. The molecule has 0 spiro atoms. The lowest BCUT2D eigenvalue weighted by atomic mass is 9.85. The number of aromatic nitrogens is 1. The molecule has 1 saturated carbocycles. The first-order chi connectivity index (χ1) is 9.33.